The summed E-state index contributed by atoms with van der Waals surface area (Å²) in [6, 6.07) is -0.490. The van der Waals surface area contributed by atoms with E-state index in [1.807, 2.05) is 0 Å². The van der Waals surface area contributed by atoms with Gasteiger partial charge in [0.2, 0.25) is 5.91 Å². The van der Waals surface area contributed by atoms with Gasteiger partial charge < -0.3 is 0 Å². The maximum Gasteiger partial charge on any atom is 0.276 e. The molecule has 1 atom stereocenters. The number of sulfone groups is 1. The fraction of sp³-hybridized carbons (Fsp3) is 0.579. The van der Waals surface area contributed by atoms with Crippen LogP contribution in [0.3, 0.4) is 0 Å². The van der Waals surface area contributed by atoms with Crippen molar-refractivity contribution in [3.63, 3.8) is 0 Å². The van der Waals surface area contributed by atoms with Gasteiger partial charge in [0, 0.05) is 24.3 Å². The Kier molecular flexibility index (Phi) is 5.56. The highest BCUT2D eigenvalue weighted by atomic mass is 32.2. The monoisotopic (exact) mass is 436 g/mol. The van der Waals surface area contributed by atoms with Gasteiger partial charge in [-0.3, -0.25) is 14.5 Å². The Morgan fingerprint density at radius 2 is 2.07 bits per heavy atom. The summed E-state index contributed by atoms with van der Waals surface area (Å²) >= 11 is 1.53. The number of nitrogens with zero attached hydrogens (tertiary/aromatic N) is 4. The zero-order valence-corrected chi connectivity index (χ0v) is 17.8. The Bertz CT molecular complexity index is 959. The van der Waals surface area contributed by atoms with Crippen molar-refractivity contribution in [3.05, 3.63) is 23.2 Å². The van der Waals surface area contributed by atoms with E-state index in [0.29, 0.717) is 18.1 Å². The number of rotatable bonds is 5. The Balaban J connectivity index is 1.60. The van der Waals surface area contributed by atoms with Crippen LogP contribution in [0.5, 0.6) is 0 Å². The van der Waals surface area contributed by atoms with Crippen LogP contribution in [0.25, 0.3) is 0 Å². The summed E-state index contributed by atoms with van der Waals surface area (Å²) in [4.78, 5) is 33.1. The SMILES string of the molecule is C=CCN(C(=O)C1=NN(C2CCS(=O)(=O)C2)C(=O)CC1)c1nc2c(s1)CCCC2. The number of aryl methyl sites for hydroxylation is 2. The van der Waals surface area contributed by atoms with E-state index in [2.05, 4.69) is 16.7 Å². The van der Waals surface area contributed by atoms with Crippen molar-refractivity contribution in [2.75, 3.05) is 23.0 Å². The maximum atomic E-state index is 13.3. The molecule has 8 nitrogen and oxygen atoms in total. The summed E-state index contributed by atoms with van der Waals surface area (Å²) in [5, 5.41) is 6.17. The number of carbonyl (C=O) groups is 2. The number of thiazole rings is 1. The summed E-state index contributed by atoms with van der Waals surface area (Å²) in [5.74, 6) is -0.578. The number of hydrogen-bond donors (Lipinski definition) is 0. The largest absolute Gasteiger partial charge is 0.279 e. The highest BCUT2D eigenvalue weighted by Gasteiger charge is 2.38. The van der Waals surface area contributed by atoms with Crippen LogP contribution < -0.4 is 4.90 Å². The minimum Gasteiger partial charge on any atom is -0.279 e. The number of carbonyl (C=O) groups excluding carboxylic acids is 2. The fourth-order valence-corrected chi connectivity index (χ4v) is 6.81. The van der Waals surface area contributed by atoms with E-state index in [4.69, 9.17) is 0 Å². The molecule has 3 heterocycles. The second-order valence-corrected chi connectivity index (χ2v) is 10.9. The first-order valence-corrected chi connectivity index (χ1v) is 12.5. The Morgan fingerprint density at radius 3 is 2.76 bits per heavy atom. The van der Waals surface area contributed by atoms with Gasteiger partial charge in [0.1, 0.15) is 5.71 Å². The van der Waals surface area contributed by atoms with Crippen LogP contribution in [0.2, 0.25) is 0 Å². The first-order valence-electron chi connectivity index (χ1n) is 9.89. The number of anilines is 1. The molecule has 1 aliphatic carbocycles. The van der Waals surface area contributed by atoms with Crippen molar-refractivity contribution < 1.29 is 18.0 Å². The van der Waals surface area contributed by atoms with Crippen LogP contribution in [-0.4, -0.2) is 60.0 Å². The summed E-state index contributed by atoms with van der Waals surface area (Å²) in [6.07, 6.45) is 6.56. The minimum absolute atomic E-state index is 0.0491. The molecular formula is C19H24N4O4S2. The van der Waals surface area contributed by atoms with Crippen molar-refractivity contribution in [1.82, 2.24) is 9.99 Å². The van der Waals surface area contributed by atoms with Gasteiger partial charge in [0.15, 0.2) is 15.0 Å². The van der Waals surface area contributed by atoms with Crippen LogP contribution in [0.1, 0.15) is 42.7 Å². The molecule has 3 aliphatic rings. The molecule has 0 N–H and O–H groups in total. The van der Waals surface area contributed by atoms with E-state index in [-0.39, 0.29) is 41.9 Å². The quantitative estimate of drug-likeness (QED) is 0.654. The van der Waals surface area contributed by atoms with Gasteiger partial charge in [-0.05, 0) is 32.1 Å². The van der Waals surface area contributed by atoms with E-state index < -0.39 is 15.9 Å². The molecule has 29 heavy (non-hydrogen) atoms. The fourth-order valence-electron chi connectivity index (χ4n) is 3.97. The molecule has 0 bridgehead atoms. The van der Waals surface area contributed by atoms with Crippen molar-refractivity contribution in [3.8, 4) is 0 Å². The lowest BCUT2D eigenvalue weighted by atomic mass is 10.0. The van der Waals surface area contributed by atoms with Crippen molar-refractivity contribution in [1.29, 1.82) is 0 Å². The van der Waals surface area contributed by atoms with Crippen LogP contribution in [0.15, 0.2) is 17.8 Å². The molecule has 1 saturated heterocycles. The van der Waals surface area contributed by atoms with E-state index in [9.17, 15) is 18.0 Å². The molecule has 1 aromatic rings. The maximum absolute atomic E-state index is 13.3. The van der Waals surface area contributed by atoms with Crippen LogP contribution in [-0.2, 0) is 32.3 Å². The first kappa shape index (κ1) is 20.2. The van der Waals surface area contributed by atoms with Gasteiger partial charge in [-0.1, -0.05) is 6.08 Å². The minimum atomic E-state index is -3.16. The van der Waals surface area contributed by atoms with Gasteiger partial charge >= 0.3 is 0 Å². The lowest BCUT2D eigenvalue weighted by molar-refractivity contribution is -0.133. The molecule has 0 aromatic carbocycles. The molecule has 0 spiro atoms. The smallest absolute Gasteiger partial charge is 0.276 e. The molecule has 2 aliphatic heterocycles. The third kappa shape index (κ3) is 4.13. The zero-order valence-electron chi connectivity index (χ0n) is 16.2. The van der Waals surface area contributed by atoms with E-state index in [1.165, 1.54) is 21.2 Å². The topological polar surface area (TPSA) is 100 Å². The molecule has 2 amide bonds. The number of hydrazone groups is 1. The lowest BCUT2D eigenvalue weighted by Crippen LogP contribution is -2.45. The summed E-state index contributed by atoms with van der Waals surface area (Å²) in [6.45, 7) is 4.05. The summed E-state index contributed by atoms with van der Waals surface area (Å²) in [7, 11) is -3.16. The Hall–Kier alpha value is -2.07. The predicted octanol–water partition coefficient (Wildman–Crippen LogP) is 1.71. The summed E-state index contributed by atoms with van der Waals surface area (Å²) in [5.41, 5.74) is 1.33. The van der Waals surface area contributed by atoms with Crippen LogP contribution in [0.4, 0.5) is 5.13 Å². The highest BCUT2D eigenvalue weighted by molar-refractivity contribution is 7.91. The second-order valence-electron chi connectivity index (χ2n) is 7.62. The number of aromatic nitrogens is 1. The third-order valence-corrected chi connectivity index (χ3v) is 8.41. The molecule has 0 saturated carbocycles. The molecule has 1 unspecified atom stereocenters. The van der Waals surface area contributed by atoms with Crippen LogP contribution >= 0.6 is 11.3 Å². The number of fused-ring (bicyclic) bond motifs is 1. The van der Waals surface area contributed by atoms with E-state index in [1.54, 1.807) is 11.0 Å². The van der Waals surface area contributed by atoms with Gasteiger partial charge in [0.05, 0.1) is 23.2 Å². The van der Waals surface area contributed by atoms with Gasteiger partial charge in [-0.2, -0.15) is 5.10 Å². The van der Waals surface area contributed by atoms with Crippen molar-refractivity contribution >= 4 is 43.8 Å². The molecule has 156 valence electrons. The molecule has 1 fully saturated rings. The number of hydrogen-bond acceptors (Lipinski definition) is 7. The second kappa shape index (κ2) is 7.98. The first-order chi connectivity index (χ1) is 13.9. The zero-order chi connectivity index (χ0) is 20.6. The van der Waals surface area contributed by atoms with Crippen molar-refractivity contribution in [2.45, 2.75) is 51.0 Å². The van der Waals surface area contributed by atoms with Crippen molar-refractivity contribution in [2.24, 2.45) is 5.10 Å². The highest BCUT2D eigenvalue weighted by Crippen LogP contribution is 2.32. The molecule has 4 rings (SSSR count). The third-order valence-electron chi connectivity index (χ3n) is 5.48. The average Bonchev–Trinajstić information content (AvgIpc) is 3.28. The molecule has 0 radical (unpaired) electrons. The normalized spacial score (nSPS) is 23.4. The van der Waals surface area contributed by atoms with Gasteiger partial charge in [-0.25, -0.2) is 18.4 Å². The standard InChI is InChI=1S/C19H24N4O4S2/c1-2-10-22(19-20-14-5-3-4-6-16(14)28-19)18(25)15-7-8-17(24)23(21-15)13-9-11-29(26,27)12-13/h2,13H,1,3-12H2. The Labute approximate surface area is 174 Å². The number of amides is 2. The molecule has 1 aromatic heterocycles. The van der Waals surface area contributed by atoms with Gasteiger partial charge in [-0.15, -0.1) is 17.9 Å². The van der Waals surface area contributed by atoms with E-state index >= 15 is 0 Å². The van der Waals surface area contributed by atoms with Gasteiger partial charge in [0.25, 0.3) is 5.91 Å². The molecule has 10 heteroatoms. The lowest BCUT2D eigenvalue weighted by Gasteiger charge is -2.29. The molecular weight excluding hydrogens is 412 g/mol. The predicted molar refractivity (Wildman–Crippen MR) is 112 cm³/mol. The van der Waals surface area contributed by atoms with E-state index in [0.717, 1.165) is 31.4 Å². The van der Waals surface area contributed by atoms with Crippen LogP contribution in [0, 0.1) is 0 Å². The summed E-state index contributed by atoms with van der Waals surface area (Å²) < 4.78 is 23.6. The average molecular weight is 437 g/mol. The Morgan fingerprint density at radius 1 is 1.28 bits per heavy atom.